The Kier molecular flexibility index (Phi) is 4.72. The molecule has 1 aliphatic heterocycles. The van der Waals surface area contributed by atoms with Gasteiger partial charge in [0.1, 0.15) is 0 Å². The highest BCUT2D eigenvalue weighted by Crippen LogP contribution is 2.24. The van der Waals surface area contributed by atoms with Gasteiger partial charge in [0.15, 0.2) is 0 Å². The Hall–Kier alpha value is -0.720. The van der Waals surface area contributed by atoms with E-state index in [1.165, 1.54) is 0 Å². The molecule has 1 rings (SSSR count). The fourth-order valence-corrected chi connectivity index (χ4v) is 0.960. The van der Waals surface area contributed by atoms with Crippen molar-refractivity contribution in [1.29, 1.82) is 0 Å². The average molecular weight is 167 g/mol. The van der Waals surface area contributed by atoms with Gasteiger partial charge in [-0.05, 0) is 24.2 Å². The number of hydrogen-bond donors (Lipinski definition) is 0. The molecular formula is C11H21N. The SMILES string of the molecule is CC.CN1C=CCC(C)(C)C=C1. The van der Waals surface area contributed by atoms with Crippen LogP contribution < -0.4 is 0 Å². The topological polar surface area (TPSA) is 3.24 Å². The fraction of sp³-hybridized carbons (Fsp3) is 0.636. The molecule has 0 radical (unpaired) electrons. The van der Waals surface area contributed by atoms with Gasteiger partial charge in [-0.25, -0.2) is 0 Å². The zero-order valence-electron chi connectivity index (χ0n) is 8.96. The first-order valence-electron chi connectivity index (χ1n) is 4.68. The van der Waals surface area contributed by atoms with Crippen LogP contribution in [-0.4, -0.2) is 11.9 Å². The van der Waals surface area contributed by atoms with Crippen LogP contribution in [0.2, 0.25) is 0 Å². The zero-order valence-corrected chi connectivity index (χ0v) is 8.96. The van der Waals surface area contributed by atoms with Crippen LogP contribution in [0.15, 0.2) is 24.6 Å². The van der Waals surface area contributed by atoms with Gasteiger partial charge in [-0.3, -0.25) is 0 Å². The minimum absolute atomic E-state index is 0.335. The maximum atomic E-state index is 2.24. The van der Waals surface area contributed by atoms with E-state index in [4.69, 9.17) is 0 Å². The quantitative estimate of drug-likeness (QED) is 0.534. The van der Waals surface area contributed by atoms with Gasteiger partial charge in [0.2, 0.25) is 0 Å². The Morgan fingerprint density at radius 3 is 2.33 bits per heavy atom. The Morgan fingerprint density at radius 1 is 1.17 bits per heavy atom. The molecule has 0 aliphatic carbocycles. The molecule has 0 aromatic rings. The number of allylic oxidation sites excluding steroid dienone is 2. The molecule has 12 heavy (non-hydrogen) atoms. The van der Waals surface area contributed by atoms with E-state index in [9.17, 15) is 0 Å². The summed E-state index contributed by atoms with van der Waals surface area (Å²) in [4.78, 5) is 2.08. The van der Waals surface area contributed by atoms with Crippen molar-refractivity contribution in [1.82, 2.24) is 4.90 Å². The van der Waals surface area contributed by atoms with Crippen molar-refractivity contribution in [2.24, 2.45) is 5.41 Å². The van der Waals surface area contributed by atoms with Crippen molar-refractivity contribution in [3.63, 3.8) is 0 Å². The zero-order chi connectivity index (χ0) is 9.61. The van der Waals surface area contributed by atoms with Crippen molar-refractivity contribution in [3.05, 3.63) is 24.6 Å². The lowest BCUT2D eigenvalue weighted by atomic mass is 9.90. The first kappa shape index (κ1) is 11.3. The van der Waals surface area contributed by atoms with Gasteiger partial charge in [0.25, 0.3) is 0 Å². The molecule has 1 aliphatic rings. The van der Waals surface area contributed by atoms with Gasteiger partial charge < -0.3 is 4.90 Å². The van der Waals surface area contributed by atoms with Crippen LogP contribution in [0.3, 0.4) is 0 Å². The maximum Gasteiger partial charge on any atom is 0.0106 e. The minimum Gasteiger partial charge on any atom is -0.358 e. The highest BCUT2D eigenvalue weighted by Gasteiger charge is 2.12. The first-order valence-corrected chi connectivity index (χ1v) is 4.68. The van der Waals surface area contributed by atoms with Crippen molar-refractivity contribution < 1.29 is 0 Å². The summed E-state index contributed by atoms with van der Waals surface area (Å²) in [6.45, 7) is 8.49. The minimum atomic E-state index is 0.335. The van der Waals surface area contributed by atoms with Crippen LogP contribution in [0.25, 0.3) is 0 Å². The molecule has 0 spiro atoms. The van der Waals surface area contributed by atoms with Crippen LogP contribution in [-0.2, 0) is 0 Å². The van der Waals surface area contributed by atoms with Crippen LogP contribution in [0.1, 0.15) is 34.1 Å². The Balaban J connectivity index is 0.000000561. The van der Waals surface area contributed by atoms with E-state index in [0.29, 0.717) is 5.41 Å². The summed E-state index contributed by atoms with van der Waals surface area (Å²) in [7, 11) is 2.05. The first-order chi connectivity index (χ1) is 5.60. The van der Waals surface area contributed by atoms with Gasteiger partial charge in [0, 0.05) is 7.05 Å². The van der Waals surface area contributed by atoms with Crippen molar-refractivity contribution in [2.75, 3.05) is 7.05 Å². The normalized spacial score (nSPS) is 19.6. The van der Waals surface area contributed by atoms with Crippen molar-refractivity contribution in [3.8, 4) is 0 Å². The predicted molar refractivity (Wildman–Crippen MR) is 55.8 cm³/mol. The summed E-state index contributed by atoms with van der Waals surface area (Å²) in [5, 5.41) is 0. The molecule has 0 saturated carbocycles. The van der Waals surface area contributed by atoms with Crippen molar-refractivity contribution >= 4 is 0 Å². The van der Waals surface area contributed by atoms with E-state index >= 15 is 0 Å². The average Bonchev–Trinajstić information content (AvgIpc) is 2.17. The molecule has 0 aromatic heterocycles. The highest BCUT2D eigenvalue weighted by atomic mass is 15.0. The van der Waals surface area contributed by atoms with Gasteiger partial charge in [-0.1, -0.05) is 39.8 Å². The molecular weight excluding hydrogens is 146 g/mol. The standard InChI is InChI=1S/C9H15N.C2H6/c1-9(2)5-4-7-10(3)8-6-9;1-2/h4,6-8H,5H2,1-3H3;1-2H3. The van der Waals surface area contributed by atoms with Crippen LogP contribution in [0.4, 0.5) is 0 Å². The summed E-state index contributed by atoms with van der Waals surface area (Å²) >= 11 is 0. The summed E-state index contributed by atoms with van der Waals surface area (Å²) in [5.41, 5.74) is 0.335. The molecule has 1 heterocycles. The Morgan fingerprint density at radius 2 is 1.75 bits per heavy atom. The van der Waals surface area contributed by atoms with E-state index < -0.39 is 0 Å². The third kappa shape index (κ3) is 4.22. The number of nitrogens with zero attached hydrogens (tertiary/aromatic N) is 1. The van der Waals surface area contributed by atoms with Gasteiger partial charge in [0.05, 0.1) is 0 Å². The molecule has 0 N–H and O–H groups in total. The van der Waals surface area contributed by atoms with Crippen LogP contribution in [0.5, 0.6) is 0 Å². The lowest BCUT2D eigenvalue weighted by molar-refractivity contribution is 0.488. The second-order valence-corrected chi connectivity index (χ2v) is 3.56. The Labute approximate surface area is 76.8 Å². The van der Waals surface area contributed by atoms with Crippen molar-refractivity contribution in [2.45, 2.75) is 34.1 Å². The molecule has 0 amide bonds. The monoisotopic (exact) mass is 167 g/mol. The van der Waals surface area contributed by atoms with Crippen LogP contribution >= 0.6 is 0 Å². The smallest absolute Gasteiger partial charge is 0.0106 e. The van der Waals surface area contributed by atoms with E-state index in [1.807, 2.05) is 13.8 Å². The predicted octanol–water partition coefficient (Wildman–Crippen LogP) is 3.40. The summed E-state index contributed by atoms with van der Waals surface area (Å²) < 4.78 is 0. The molecule has 0 bridgehead atoms. The molecule has 1 nitrogen and oxygen atoms in total. The summed E-state index contributed by atoms with van der Waals surface area (Å²) in [5.74, 6) is 0. The molecule has 0 atom stereocenters. The van der Waals surface area contributed by atoms with E-state index in [0.717, 1.165) is 6.42 Å². The summed E-state index contributed by atoms with van der Waals surface area (Å²) in [6.07, 6.45) is 9.80. The Bertz CT molecular complexity index is 166. The van der Waals surface area contributed by atoms with E-state index in [2.05, 4.69) is 50.3 Å². The molecule has 0 aromatic carbocycles. The second-order valence-electron chi connectivity index (χ2n) is 3.56. The van der Waals surface area contributed by atoms with Gasteiger partial charge in [-0.2, -0.15) is 0 Å². The third-order valence-electron chi connectivity index (χ3n) is 1.75. The number of rotatable bonds is 0. The third-order valence-corrected chi connectivity index (χ3v) is 1.75. The molecule has 0 unspecified atom stereocenters. The molecule has 1 heteroatoms. The largest absolute Gasteiger partial charge is 0.358 e. The highest BCUT2D eigenvalue weighted by molar-refractivity contribution is 5.04. The van der Waals surface area contributed by atoms with Crippen LogP contribution in [0, 0.1) is 5.41 Å². The summed E-state index contributed by atoms with van der Waals surface area (Å²) in [6, 6.07) is 0. The lowest BCUT2D eigenvalue weighted by Gasteiger charge is -2.15. The van der Waals surface area contributed by atoms with E-state index in [-0.39, 0.29) is 0 Å². The second kappa shape index (κ2) is 5.02. The molecule has 0 saturated heterocycles. The maximum absolute atomic E-state index is 2.24. The van der Waals surface area contributed by atoms with E-state index in [1.54, 1.807) is 0 Å². The fourth-order valence-electron chi connectivity index (χ4n) is 0.960. The molecule has 70 valence electrons. The molecule has 0 fully saturated rings. The number of hydrogen-bond acceptors (Lipinski definition) is 1. The van der Waals surface area contributed by atoms with Gasteiger partial charge >= 0.3 is 0 Å². The van der Waals surface area contributed by atoms with Gasteiger partial charge in [-0.15, -0.1) is 0 Å². The lowest BCUT2D eigenvalue weighted by Crippen LogP contribution is -2.04.